The first kappa shape index (κ1) is 17.4. The molecule has 1 atom stereocenters. The Kier molecular flexibility index (Phi) is 5.72. The minimum atomic E-state index is -0.539. The van der Waals surface area contributed by atoms with E-state index in [4.69, 9.17) is 25.8 Å². The van der Waals surface area contributed by atoms with E-state index < -0.39 is 11.6 Å². The Morgan fingerprint density at radius 3 is 2.24 bits per heavy atom. The van der Waals surface area contributed by atoms with Crippen LogP contribution in [0.25, 0.3) is 0 Å². The molecule has 1 unspecified atom stereocenters. The molecule has 0 bridgehead atoms. The van der Waals surface area contributed by atoms with Crippen molar-refractivity contribution in [2.45, 2.75) is 39.3 Å². The average Bonchev–Trinajstić information content (AvgIpc) is 2.37. The van der Waals surface area contributed by atoms with Crippen molar-refractivity contribution in [1.29, 1.82) is 0 Å². The zero-order chi connectivity index (χ0) is 16.2. The van der Waals surface area contributed by atoms with Gasteiger partial charge in [0.25, 0.3) is 0 Å². The van der Waals surface area contributed by atoms with Gasteiger partial charge in [-0.1, -0.05) is 11.6 Å². The van der Waals surface area contributed by atoms with Crippen LogP contribution in [0.2, 0.25) is 5.02 Å². The van der Waals surface area contributed by atoms with Crippen molar-refractivity contribution >= 4 is 23.3 Å². The Bertz CT molecular complexity index is 511. The SMILES string of the molecule is COc1cc(OC)c(NC(C)C(=O)OC(C)(C)C)cc1Cl. The minimum Gasteiger partial charge on any atom is -0.495 e. The Labute approximate surface area is 130 Å². The number of methoxy groups -OCH3 is 2. The summed E-state index contributed by atoms with van der Waals surface area (Å²) < 4.78 is 15.7. The van der Waals surface area contributed by atoms with Gasteiger partial charge in [0.1, 0.15) is 23.1 Å². The zero-order valence-corrected chi connectivity index (χ0v) is 14.0. The summed E-state index contributed by atoms with van der Waals surface area (Å²) in [5.74, 6) is 0.687. The van der Waals surface area contributed by atoms with Gasteiger partial charge in [0, 0.05) is 6.07 Å². The molecule has 0 saturated carbocycles. The van der Waals surface area contributed by atoms with Crippen LogP contribution in [0.1, 0.15) is 27.7 Å². The van der Waals surface area contributed by atoms with E-state index >= 15 is 0 Å². The number of hydrogen-bond donors (Lipinski definition) is 1. The molecule has 118 valence electrons. The van der Waals surface area contributed by atoms with Crippen LogP contribution in [0.5, 0.6) is 11.5 Å². The van der Waals surface area contributed by atoms with Gasteiger partial charge in [0.05, 0.1) is 24.9 Å². The smallest absolute Gasteiger partial charge is 0.328 e. The molecule has 0 radical (unpaired) electrons. The molecule has 0 aliphatic rings. The molecule has 21 heavy (non-hydrogen) atoms. The van der Waals surface area contributed by atoms with E-state index in [1.807, 2.05) is 20.8 Å². The lowest BCUT2D eigenvalue weighted by Gasteiger charge is -2.24. The van der Waals surface area contributed by atoms with Gasteiger partial charge >= 0.3 is 5.97 Å². The normalized spacial score (nSPS) is 12.5. The third kappa shape index (κ3) is 5.01. The van der Waals surface area contributed by atoms with E-state index in [0.717, 1.165) is 0 Å². The average molecular weight is 316 g/mol. The summed E-state index contributed by atoms with van der Waals surface area (Å²) in [5, 5.41) is 3.46. The molecule has 1 rings (SSSR count). The quantitative estimate of drug-likeness (QED) is 0.843. The second kappa shape index (κ2) is 6.89. The second-order valence-corrected chi connectivity index (χ2v) is 5.99. The van der Waals surface area contributed by atoms with Crippen molar-refractivity contribution in [2.24, 2.45) is 0 Å². The molecular weight excluding hydrogens is 294 g/mol. The molecule has 0 aromatic heterocycles. The first-order valence-corrected chi connectivity index (χ1v) is 6.96. The lowest BCUT2D eigenvalue weighted by atomic mass is 10.2. The maximum Gasteiger partial charge on any atom is 0.328 e. The summed E-state index contributed by atoms with van der Waals surface area (Å²) in [6.07, 6.45) is 0. The molecule has 6 heteroatoms. The van der Waals surface area contributed by atoms with Crippen molar-refractivity contribution in [3.63, 3.8) is 0 Å². The predicted octanol–water partition coefficient (Wildman–Crippen LogP) is 3.50. The van der Waals surface area contributed by atoms with Crippen LogP contribution in [0.3, 0.4) is 0 Å². The number of benzene rings is 1. The van der Waals surface area contributed by atoms with Gasteiger partial charge in [-0.3, -0.25) is 0 Å². The zero-order valence-electron chi connectivity index (χ0n) is 13.2. The fourth-order valence-electron chi connectivity index (χ4n) is 1.66. The van der Waals surface area contributed by atoms with E-state index in [1.165, 1.54) is 14.2 Å². The van der Waals surface area contributed by atoms with Gasteiger partial charge in [0.2, 0.25) is 0 Å². The van der Waals surface area contributed by atoms with Gasteiger partial charge < -0.3 is 19.5 Å². The summed E-state index contributed by atoms with van der Waals surface area (Å²) in [6.45, 7) is 7.18. The highest BCUT2D eigenvalue weighted by Gasteiger charge is 2.23. The van der Waals surface area contributed by atoms with Crippen LogP contribution in [0.15, 0.2) is 12.1 Å². The monoisotopic (exact) mass is 315 g/mol. The number of carbonyl (C=O) groups is 1. The number of esters is 1. The maximum absolute atomic E-state index is 12.0. The van der Waals surface area contributed by atoms with Gasteiger partial charge in [0.15, 0.2) is 0 Å². The van der Waals surface area contributed by atoms with Crippen molar-refractivity contribution < 1.29 is 19.0 Å². The molecule has 0 saturated heterocycles. The van der Waals surface area contributed by atoms with E-state index in [-0.39, 0.29) is 5.97 Å². The van der Waals surface area contributed by atoms with Crippen molar-refractivity contribution in [1.82, 2.24) is 0 Å². The molecule has 1 aromatic carbocycles. The van der Waals surface area contributed by atoms with Gasteiger partial charge in [-0.2, -0.15) is 0 Å². The molecule has 0 aliphatic carbocycles. The Hall–Kier alpha value is -1.62. The third-order valence-corrected chi connectivity index (χ3v) is 2.90. The van der Waals surface area contributed by atoms with Crippen molar-refractivity contribution in [3.8, 4) is 11.5 Å². The standard InChI is InChI=1S/C15H22ClNO4/c1-9(14(18)21-15(2,3)4)17-11-7-10(16)12(19-5)8-13(11)20-6/h7-9,17H,1-6H3. The first-order valence-electron chi connectivity index (χ1n) is 6.59. The molecule has 1 aromatic rings. The van der Waals surface area contributed by atoms with E-state index in [9.17, 15) is 4.79 Å². The topological polar surface area (TPSA) is 56.8 Å². The van der Waals surface area contributed by atoms with Gasteiger partial charge in [-0.25, -0.2) is 4.79 Å². The summed E-state index contributed by atoms with van der Waals surface area (Å²) in [4.78, 5) is 12.0. The molecule has 0 amide bonds. The lowest BCUT2D eigenvalue weighted by molar-refractivity contribution is -0.155. The number of carbonyl (C=O) groups excluding carboxylic acids is 1. The van der Waals surface area contributed by atoms with Crippen LogP contribution in [0, 0.1) is 0 Å². The molecule has 0 heterocycles. The largest absolute Gasteiger partial charge is 0.495 e. The molecule has 1 N–H and O–H groups in total. The van der Waals surface area contributed by atoms with Crippen LogP contribution >= 0.6 is 11.6 Å². The summed E-state index contributed by atoms with van der Waals surface area (Å²) in [5.41, 5.74) is 0.0657. The van der Waals surface area contributed by atoms with Crippen molar-refractivity contribution in [2.75, 3.05) is 19.5 Å². The Morgan fingerprint density at radius 2 is 1.76 bits per heavy atom. The number of halogens is 1. The fraction of sp³-hybridized carbons (Fsp3) is 0.533. The van der Waals surface area contributed by atoms with Crippen LogP contribution in [-0.2, 0) is 9.53 Å². The van der Waals surface area contributed by atoms with E-state index in [0.29, 0.717) is 22.2 Å². The van der Waals surface area contributed by atoms with Gasteiger partial charge in [-0.05, 0) is 33.8 Å². The number of nitrogens with one attached hydrogen (secondary N) is 1. The third-order valence-electron chi connectivity index (χ3n) is 2.61. The van der Waals surface area contributed by atoms with Gasteiger partial charge in [-0.15, -0.1) is 0 Å². The number of hydrogen-bond acceptors (Lipinski definition) is 5. The molecule has 0 spiro atoms. The summed E-state index contributed by atoms with van der Waals surface area (Å²) in [7, 11) is 3.06. The second-order valence-electron chi connectivity index (χ2n) is 5.59. The van der Waals surface area contributed by atoms with Crippen molar-refractivity contribution in [3.05, 3.63) is 17.2 Å². The van der Waals surface area contributed by atoms with E-state index in [2.05, 4.69) is 5.32 Å². The van der Waals surface area contributed by atoms with Crippen LogP contribution < -0.4 is 14.8 Å². The number of ether oxygens (including phenoxy) is 3. The van der Waals surface area contributed by atoms with Crippen LogP contribution in [0.4, 0.5) is 5.69 Å². The van der Waals surface area contributed by atoms with Crippen LogP contribution in [-0.4, -0.2) is 31.8 Å². The van der Waals surface area contributed by atoms with E-state index in [1.54, 1.807) is 19.1 Å². The highest BCUT2D eigenvalue weighted by molar-refractivity contribution is 6.32. The molecule has 5 nitrogen and oxygen atoms in total. The fourth-order valence-corrected chi connectivity index (χ4v) is 1.90. The Balaban J connectivity index is 2.92. The number of rotatable bonds is 5. The summed E-state index contributed by atoms with van der Waals surface area (Å²) in [6, 6.07) is 2.77. The summed E-state index contributed by atoms with van der Waals surface area (Å²) >= 11 is 6.09. The molecular formula is C15H22ClNO4. The first-order chi connectivity index (χ1) is 9.67. The number of anilines is 1. The minimum absolute atomic E-state index is 0.350. The lowest BCUT2D eigenvalue weighted by Crippen LogP contribution is -2.34. The Morgan fingerprint density at radius 1 is 1.19 bits per heavy atom. The molecule has 0 aliphatic heterocycles. The highest BCUT2D eigenvalue weighted by Crippen LogP contribution is 2.36. The molecule has 0 fully saturated rings. The highest BCUT2D eigenvalue weighted by atomic mass is 35.5. The maximum atomic E-state index is 12.0. The predicted molar refractivity (Wildman–Crippen MR) is 83.5 cm³/mol.